The van der Waals surface area contributed by atoms with E-state index in [4.69, 9.17) is 0 Å². The topological polar surface area (TPSA) is 17.1 Å². The van der Waals surface area contributed by atoms with Gasteiger partial charge in [-0.05, 0) is 30.6 Å². The van der Waals surface area contributed by atoms with E-state index in [0.717, 1.165) is 18.2 Å². The van der Waals surface area contributed by atoms with Crippen LogP contribution in [-0.2, 0) is 4.79 Å². The highest BCUT2D eigenvalue weighted by Gasteiger charge is 2.68. The first kappa shape index (κ1) is 11.1. The Morgan fingerprint density at radius 2 is 2.21 bits per heavy atom. The average Bonchev–Trinajstić information content (AvgIpc) is 2.56. The lowest BCUT2D eigenvalue weighted by atomic mass is 9.67. The third-order valence-electron chi connectivity index (χ3n) is 4.78. The molecule has 1 nitrogen and oxygen atoms in total. The van der Waals surface area contributed by atoms with Crippen LogP contribution in [0.5, 0.6) is 0 Å². The second-order valence-electron chi connectivity index (χ2n) is 4.89. The molecule has 2 saturated carbocycles. The molecule has 2 rings (SSSR count). The lowest BCUT2D eigenvalue weighted by molar-refractivity contribution is -0.128. The molecule has 0 heterocycles. The van der Waals surface area contributed by atoms with Crippen molar-refractivity contribution in [1.82, 2.24) is 0 Å². The lowest BCUT2D eigenvalue weighted by Gasteiger charge is -2.37. The van der Waals surface area contributed by atoms with Crippen molar-refractivity contribution in [2.24, 2.45) is 16.7 Å². The molecule has 0 radical (unpaired) electrons. The standard InChI is InChI=1S/C11H16Br2O/c1-3-11(6-12)7-4-5-10(11,2)9(14)8(7)13/h7-8H,3-6H2,1-2H3/t7-,8+,10+,11+/m0/s1. The number of hydrogen-bond acceptors (Lipinski definition) is 1. The number of alkyl halides is 2. The van der Waals surface area contributed by atoms with Crippen LogP contribution in [0, 0.1) is 16.7 Å². The number of hydrogen-bond donors (Lipinski definition) is 0. The fourth-order valence-electron chi connectivity index (χ4n) is 3.65. The Labute approximate surface area is 102 Å². The van der Waals surface area contributed by atoms with Crippen molar-refractivity contribution in [1.29, 1.82) is 0 Å². The minimum Gasteiger partial charge on any atom is -0.298 e. The predicted octanol–water partition coefficient (Wildman–Crippen LogP) is 3.54. The van der Waals surface area contributed by atoms with E-state index in [1.807, 2.05) is 0 Å². The van der Waals surface area contributed by atoms with Crippen LogP contribution in [0.25, 0.3) is 0 Å². The smallest absolute Gasteiger partial charge is 0.153 e. The van der Waals surface area contributed by atoms with Crippen LogP contribution in [-0.4, -0.2) is 15.9 Å². The summed E-state index contributed by atoms with van der Waals surface area (Å²) in [6.07, 6.45) is 3.39. The number of carbonyl (C=O) groups is 1. The summed E-state index contributed by atoms with van der Waals surface area (Å²) in [6, 6.07) is 0. The van der Waals surface area contributed by atoms with Crippen LogP contribution in [0.15, 0.2) is 0 Å². The molecule has 14 heavy (non-hydrogen) atoms. The van der Waals surface area contributed by atoms with Gasteiger partial charge >= 0.3 is 0 Å². The van der Waals surface area contributed by atoms with Crippen molar-refractivity contribution in [3.05, 3.63) is 0 Å². The van der Waals surface area contributed by atoms with Gasteiger partial charge in [-0.15, -0.1) is 0 Å². The van der Waals surface area contributed by atoms with Crippen LogP contribution >= 0.6 is 31.9 Å². The number of carbonyl (C=O) groups excluding carboxylic acids is 1. The van der Waals surface area contributed by atoms with Gasteiger partial charge in [0.2, 0.25) is 0 Å². The molecular formula is C11H16Br2O. The average molecular weight is 324 g/mol. The monoisotopic (exact) mass is 322 g/mol. The van der Waals surface area contributed by atoms with Crippen molar-refractivity contribution in [2.75, 3.05) is 5.33 Å². The van der Waals surface area contributed by atoms with Gasteiger partial charge in [0.1, 0.15) is 0 Å². The van der Waals surface area contributed by atoms with E-state index in [-0.39, 0.29) is 15.7 Å². The van der Waals surface area contributed by atoms with Gasteiger partial charge in [0.25, 0.3) is 0 Å². The molecule has 0 amide bonds. The molecule has 0 unspecified atom stereocenters. The van der Waals surface area contributed by atoms with Crippen molar-refractivity contribution >= 4 is 37.6 Å². The summed E-state index contributed by atoms with van der Waals surface area (Å²) in [4.78, 5) is 12.3. The van der Waals surface area contributed by atoms with Gasteiger partial charge in [-0.25, -0.2) is 0 Å². The van der Waals surface area contributed by atoms with Crippen molar-refractivity contribution in [2.45, 2.75) is 37.9 Å². The van der Waals surface area contributed by atoms with E-state index in [1.165, 1.54) is 6.42 Å². The molecule has 2 bridgehead atoms. The van der Waals surface area contributed by atoms with Crippen LogP contribution in [0.3, 0.4) is 0 Å². The minimum atomic E-state index is -0.0793. The molecule has 2 fully saturated rings. The van der Waals surface area contributed by atoms with Gasteiger partial charge < -0.3 is 0 Å². The van der Waals surface area contributed by atoms with E-state index in [1.54, 1.807) is 0 Å². The molecule has 0 aromatic rings. The van der Waals surface area contributed by atoms with Crippen LogP contribution in [0.2, 0.25) is 0 Å². The Kier molecular flexibility index (Phi) is 2.63. The molecule has 0 N–H and O–H groups in total. The zero-order valence-electron chi connectivity index (χ0n) is 8.65. The van der Waals surface area contributed by atoms with Gasteiger partial charge in [-0.2, -0.15) is 0 Å². The molecule has 0 aliphatic heterocycles. The molecule has 2 aliphatic rings. The van der Waals surface area contributed by atoms with E-state index in [9.17, 15) is 4.79 Å². The van der Waals surface area contributed by atoms with Gasteiger partial charge in [0.05, 0.1) is 4.83 Å². The maximum atomic E-state index is 12.2. The Bertz CT molecular complexity index is 272. The van der Waals surface area contributed by atoms with Crippen molar-refractivity contribution in [3.63, 3.8) is 0 Å². The molecule has 2 aliphatic carbocycles. The van der Waals surface area contributed by atoms with E-state index >= 15 is 0 Å². The second-order valence-corrected chi connectivity index (χ2v) is 6.43. The highest BCUT2D eigenvalue weighted by molar-refractivity contribution is 9.10. The van der Waals surface area contributed by atoms with Crippen LogP contribution in [0.1, 0.15) is 33.1 Å². The fraction of sp³-hybridized carbons (Fsp3) is 0.909. The number of fused-ring (bicyclic) bond motifs is 2. The summed E-state index contributed by atoms with van der Waals surface area (Å²) in [5.41, 5.74) is 0.127. The maximum Gasteiger partial charge on any atom is 0.153 e. The maximum absolute atomic E-state index is 12.2. The SMILES string of the molecule is CC[C@@]1(CBr)[C@H]2CC[C@]1(C)C(=O)[C@@H]2Br. The molecular weight excluding hydrogens is 308 g/mol. The number of ketones is 1. The molecule has 0 aromatic carbocycles. The van der Waals surface area contributed by atoms with E-state index in [2.05, 4.69) is 45.7 Å². The molecule has 80 valence electrons. The second kappa shape index (κ2) is 3.31. The number of Topliss-reactive ketones (excluding diaryl/α,β-unsaturated/α-hetero) is 1. The highest BCUT2D eigenvalue weighted by Crippen LogP contribution is 2.67. The highest BCUT2D eigenvalue weighted by atomic mass is 79.9. The Hall–Kier alpha value is 0.630. The predicted molar refractivity (Wildman–Crippen MR) is 65.1 cm³/mol. The largest absolute Gasteiger partial charge is 0.298 e. The normalized spacial score (nSPS) is 51.6. The van der Waals surface area contributed by atoms with Crippen molar-refractivity contribution < 1.29 is 4.79 Å². The van der Waals surface area contributed by atoms with Crippen molar-refractivity contribution in [3.8, 4) is 0 Å². The molecule has 0 saturated heterocycles. The minimum absolute atomic E-state index is 0.0793. The first-order chi connectivity index (χ1) is 6.53. The Morgan fingerprint density at radius 1 is 1.57 bits per heavy atom. The molecule has 4 atom stereocenters. The summed E-state index contributed by atoms with van der Waals surface area (Å²) < 4.78 is 0. The quantitative estimate of drug-likeness (QED) is 0.710. The third kappa shape index (κ3) is 0.986. The van der Waals surface area contributed by atoms with Gasteiger partial charge in [0, 0.05) is 10.7 Å². The zero-order chi connectivity index (χ0) is 10.6. The summed E-state index contributed by atoms with van der Waals surface area (Å²) in [7, 11) is 0. The first-order valence-corrected chi connectivity index (χ1v) is 7.31. The lowest BCUT2D eigenvalue weighted by Crippen LogP contribution is -2.38. The summed E-state index contributed by atoms with van der Waals surface area (Å²) in [5.74, 6) is 0.986. The molecule has 0 spiro atoms. The Morgan fingerprint density at radius 3 is 2.50 bits per heavy atom. The summed E-state index contributed by atoms with van der Waals surface area (Å²) in [5, 5.41) is 0.964. The van der Waals surface area contributed by atoms with Crippen LogP contribution in [0.4, 0.5) is 0 Å². The number of rotatable bonds is 2. The molecule has 0 aromatic heterocycles. The Balaban J connectivity index is 2.50. The number of halogens is 2. The van der Waals surface area contributed by atoms with E-state index in [0.29, 0.717) is 11.7 Å². The summed E-state index contributed by atoms with van der Waals surface area (Å²) in [6.45, 7) is 4.39. The summed E-state index contributed by atoms with van der Waals surface area (Å²) >= 11 is 7.21. The van der Waals surface area contributed by atoms with Crippen LogP contribution < -0.4 is 0 Å². The van der Waals surface area contributed by atoms with Gasteiger partial charge in [-0.1, -0.05) is 45.7 Å². The first-order valence-electron chi connectivity index (χ1n) is 5.28. The molecule has 3 heteroatoms. The van der Waals surface area contributed by atoms with E-state index < -0.39 is 0 Å². The fourth-order valence-corrected chi connectivity index (χ4v) is 6.36. The van der Waals surface area contributed by atoms with Gasteiger partial charge in [0.15, 0.2) is 5.78 Å². The third-order valence-corrected chi connectivity index (χ3v) is 6.84. The zero-order valence-corrected chi connectivity index (χ0v) is 11.8. The van der Waals surface area contributed by atoms with Gasteiger partial charge in [-0.3, -0.25) is 4.79 Å².